The second-order valence-corrected chi connectivity index (χ2v) is 4.45. The van der Waals surface area contributed by atoms with Gasteiger partial charge in [0.2, 0.25) is 0 Å². The van der Waals surface area contributed by atoms with Crippen LogP contribution in [0.15, 0.2) is 10.9 Å². The van der Waals surface area contributed by atoms with E-state index in [1.54, 1.807) is 18.5 Å². The van der Waals surface area contributed by atoms with E-state index in [-0.39, 0.29) is 12.1 Å². The molecule has 0 radical (unpaired) electrons. The summed E-state index contributed by atoms with van der Waals surface area (Å²) in [5.41, 5.74) is 1.23. The number of nitrogens with zero attached hydrogens (tertiary/aromatic N) is 4. The smallest absolute Gasteiger partial charge is 0.319 e. The molecule has 0 unspecified atom stereocenters. The van der Waals surface area contributed by atoms with E-state index in [9.17, 15) is 4.79 Å². The summed E-state index contributed by atoms with van der Waals surface area (Å²) in [6.07, 6.45) is 1.48. The molecule has 8 nitrogen and oxygen atoms in total. The number of aromatic nitrogens is 4. The molecular weight excluding hydrogens is 260 g/mol. The number of carbonyl (C=O) groups excluding carboxylic acids is 1. The summed E-state index contributed by atoms with van der Waals surface area (Å²) in [4.78, 5) is 16.1. The standard InChI is InChI=1S/C12H18N6O2/c1-5-18-11(13-6-14-18)8(3)15-12(19)16-10-7(2)17-20-9(10)4/h6,8H,5H2,1-4H3,(H2,15,16,19)/t8-/m0/s1. The van der Waals surface area contributed by atoms with Gasteiger partial charge in [-0.3, -0.25) is 0 Å². The topological polar surface area (TPSA) is 97.9 Å². The van der Waals surface area contributed by atoms with Crippen molar-refractivity contribution in [2.75, 3.05) is 5.32 Å². The summed E-state index contributed by atoms with van der Waals surface area (Å²) in [5.74, 6) is 1.28. The van der Waals surface area contributed by atoms with Gasteiger partial charge in [0.1, 0.15) is 23.5 Å². The van der Waals surface area contributed by atoms with E-state index in [0.717, 1.165) is 0 Å². The van der Waals surface area contributed by atoms with Crippen molar-refractivity contribution in [1.29, 1.82) is 0 Å². The van der Waals surface area contributed by atoms with Crippen LogP contribution in [0.1, 0.15) is 37.2 Å². The third-order valence-corrected chi connectivity index (χ3v) is 2.95. The minimum atomic E-state index is -0.336. The fraction of sp³-hybridized carbons (Fsp3) is 0.500. The molecule has 8 heteroatoms. The summed E-state index contributed by atoms with van der Waals surface area (Å²) in [7, 11) is 0. The Morgan fingerprint density at radius 3 is 2.85 bits per heavy atom. The Morgan fingerprint density at radius 1 is 1.50 bits per heavy atom. The molecule has 0 aliphatic heterocycles. The molecule has 2 heterocycles. The summed E-state index contributed by atoms with van der Waals surface area (Å²) in [6, 6.07) is -0.588. The monoisotopic (exact) mass is 278 g/mol. The zero-order chi connectivity index (χ0) is 14.7. The maximum atomic E-state index is 12.0. The Labute approximate surface area is 116 Å². The zero-order valence-corrected chi connectivity index (χ0v) is 12.0. The molecule has 2 aromatic rings. The molecule has 0 saturated heterocycles. The molecule has 108 valence electrons. The lowest BCUT2D eigenvalue weighted by atomic mass is 10.3. The highest BCUT2D eigenvalue weighted by Gasteiger charge is 2.17. The van der Waals surface area contributed by atoms with Crippen molar-refractivity contribution in [2.24, 2.45) is 0 Å². The predicted molar refractivity (Wildman–Crippen MR) is 72.2 cm³/mol. The van der Waals surface area contributed by atoms with Crippen LogP contribution < -0.4 is 10.6 Å². The van der Waals surface area contributed by atoms with Crippen LogP contribution in [0.4, 0.5) is 10.5 Å². The number of rotatable bonds is 4. The maximum Gasteiger partial charge on any atom is 0.319 e. The molecule has 0 aromatic carbocycles. The van der Waals surface area contributed by atoms with Gasteiger partial charge in [0.15, 0.2) is 5.76 Å². The van der Waals surface area contributed by atoms with Gasteiger partial charge < -0.3 is 15.2 Å². The van der Waals surface area contributed by atoms with Crippen molar-refractivity contribution < 1.29 is 9.32 Å². The van der Waals surface area contributed by atoms with E-state index in [1.165, 1.54) is 6.33 Å². The fourth-order valence-corrected chi connectivity index (χ4v) is 1.92. The Kier molecular flexibility index (Phi) is 4.02. The Bertz CT molecular complexity index is 583. The lowest BCUT2D eigenvalue weighted by Gasteiger charge is -2.14. The van der Waals surface area contributed by atoms with Crippen molar-refractivity contribution in [3.05, 3.63) is 23.6 Å². The molecule has 0 aliphatic carbocycles. The lowest BCUT2D eigenvalue weighted by molar-refractivity contribution is 0.248. The van der Waals surface area contributed by atoms with Gasteiger partial charge in [-0.25, -0.2) is 14.5 Å². The van der Waals surface area contributed by atoms with E-state index in [2.05, 4.69) is 25.9 Å². The Morgan fingerprint density at radius 2 is 2.25 bits per heavy atom. The number of amides is 2. The van der Waals surface area contributed by atoms with Crippen LogP contribution in [0.25, 0.3) is 0 Å². The summed E-state index contributed by atoms with van der Waals surface area (Å²) < 4.78 is 6.73. The molecule has 2 aromatic heterocycles. The summed E-state index contributed by atoms with van der Waals surface area (Å²) >= 11 is 0. The van der Waals surface area contributed by atoms with E-state index in [1.807, 2.05) is 13.8 Å². The minimum absolute atomic E-state index is 0.252. The number of nitrogens with one attached hydrogen (secondary N) is 2. The van der Waals surface area contributed by atoms with Gasteiger partial charge in [0.05, 0.1) is 6.04 Å². The van der Waals surface area contributed by atoms with Crippen LogP contribution in [0.5, 0.6) is 0 Å². The van der Waals surface area contributed by atoms with Crippen molar-refractivity contribution in [3.8, 4) is 0 Å². The maximum absolute atomic E-state index is 12.0. The average molecular weight is 278 g/mol. The Balaban J connectivity index is 2.01. The number of aryl methyl sites for hydroxylation is 3. The Hall–Kier alpha value is -2.38. The van der Waals surface area contributed by atoms with Crippen LogP contribution in [-0.4, -0.2) is 26.0 Å². The number of anilines is 1. The molecule has 20 heavy (non-hydrogen) atoms. The first-order valence-electron chi connectivity index (χ1n) is 6.41. The molecule has 0 saturated carbocycles. The molecule has 0 fully saturated rings. The average Bonchev–Trinajstić information content (AvgIpc) is 3.00. The largest absolute Gasteiger partial charge is 0.359 e. The van der Waals surface area contributed by atoms with Crippen molar-refractivity contribution in [3.63, 3.8) is 0 Å². The van der Waals surface area contributed by atoms with Gasteiger partial charge >= 0.3 is 6.03 Å². The number of urea groups is 1. The SMILES string of the molecule is CCn1ncnc1[C@H](C)NC(=O)Nc1c(C)noc1C. The molecule has 0 bridgehead atoms. The third kappa shape index (κ3) is 2.79. The molecule has 2 N–H and O–H groups in total. The third-order valence-electron chi connectivity index (χ3n) is 2.95. The summed E-state index contributed by atoms with van der Waals surface area (Å²) in [5, 5.41) is 13.4. The summed E-state index contributed by atoms with van der Waals surface area (Å²) in [6.45, 7) is 8.03. The van der Waals surface area contributed by atoms with Crippen molar-refractivity contribution in [1.82, 2.24) is 25.2 Å². The molecular formula is C12H18N6O2. The molecule has 2 rings (SSSR count). The van der Waals surface area contributed by atoms with E-state index in [4.69, 9.17) is 4.52 Å². The van der Waals surface area contributed by atoms with Crippen LogP contribution in [0.3, 0.4) is 0 Å². The molecule has 2 amide bonds. The van der Waals surface area contributed by atoms with Gasteiger partial charge in [0, 0.05) is 6.54 Å². The van der Waals surface area contributed by atoms with Crippen molar-refractivity contribution in [2.45, 2.75) is 40.3 Å². The van der Waals surface area contributed by atoms with Gasteiger partial charge in [-0.05, 0) is 27.7 Å². The van der Waals surface area contributed by atoms with E-state index < -0.39 is 0 Å². The molecule has 0 spiro atoms. The van der Waals surface area contributed by atoms with Crippen molar-refractivity contribution >= 4 is 11.7 Å². The van der Waals surface area contributed by atoms with Gasteiger partial charge in [-0.2, -0.15) is 5.10 Å². The van der Waals surface area contributed by atoms with Gasteiger partial charge in [0.25, 0.3) is 0 Å². The highest BCUT2D eigenvalue weighted by Crippen LogP contribution is 2.18. The minimum Gasteiger partial charge on any atom is -0.359 e. The highest BCUT2D eigenvalue weighted by molar-refractivity contribution is 5.90. The molecule has 0 aliphatic rings. The number of carbonyl (C=O) groups is 1. The van der Waals surface area contributed by atoms with Gasteiger partial charge in [-0.1, -0.05) is 5.16 Å². The highest BCUT2D eigenvalue weighted by atomic mass is 16.5. The zero-order valence-electron chi connectivity index (χ0n) is 12.0. The lowest BCUT2D eigenvalue weighted by Crippen LogP contribution is -2.33. The first-order valence-corrected chi connectivity index (χ1v) is 6.41. The normalized spacial score (nSPS) is 12.2. The number of hydrogen-bond acceptors (Lipinski definition) is 5. The first kappa shape index (κ1) is 14.0. The van der Waals surface area contributed by atoms with Gasteiger partial charge in [-0.15, -0.1) is 0 Å². The first-order chi connectivity index (χ1) is 9.52. The fourth-order valence-electron chi connectivity index (χ4n) is 1.92. The molecule has 1 atom stereocenters. The van der Waals surface area contributed by atoms with Crippen LogP contribution in [0.2, 0.25) is 0 Å². The van der Waals surface area contributed by atoms with E-state index >= 15 is 0 Å². The second-order valence-electron chi connectivity index (χ2n) is 4.45. The van der Waals surface area contributed by atoms with Crippen LogP contribution in [0, 0.1) is 13.8 Å². The van der Waals surface area contributed by atoms with E-state index in [0.29, 0.717) is 29.5 Å². The number of hydrogen-bond donors (Lipinski definition) is 2. The second kappa shape index (κ2) is 5.72. The quantitative estimate of drug-likeness (QED) is 0.888. The van der Waals surface area contributed by atoms with Crippen LogP contribution >= 0.6 is 0 Å². The van der Waals surface area contributed by atoms with Crippen LogP contribution in [-0.2, 0) is 6.54 Å². The predicted octanol–water partition coefficient (Wildman–Crippen LogP) is 1.79.